The van der Waals surface area contributed by atoms with E-state index in [2.05, 4.69) is 15.4 Å². The van der Waals surface area contributed by atoms with Crippen LogP contribution in [0.3, 0.4) is 0 Å². The van der Waals surface area contributed by atoms with Gasteiger partial charge in [-0.2, -0.15) is 5.10 Å². The number of carbonyl (C=O) groups excluding carboxylic acids is 2. The standard InChI is InChI=1S/C31H22N4O3/c1-35-19-21(17-33-35)26-18-32-16-15-27(26)38-23-13-11-22(12-14-23)34-31(37)29-28(20-7-3-2-4-8-20)24-9-5-6-10-25(24)30(29)36/h2-19H,1H3,(H,34,37). The zero-order valence-corrected chi connectivity index (χ0v) is 20.5. The van der Waals surface area contributed by atoms with Gasteiger partial charge in [0.05, 0.1) is 11.8 Å². The van der Waals surface area contributed by atoms with Crippen LogP contribution in [-0.4, -0.2) is 26.5 Å². The van der Waals surface area contributed by atoms with E-state index in [1.807, 2.05) is 55.7 Å². The lowest BCUT2D eigenvalue weighted by Gasteiger charge is -2.11. The van der Waals surface area contributed by atoms with Crippen LogP contribution in [0.4, 0.5) is 5.69 Å². The van der Waals surface area contributed by atoms with Crippen molar-refractivity contribution in [2.75, 3.05) is 5.32 Å². The Morgan fingerprint density at radius 3 is 2.29 bits per heavy atom. The number of pyridine rings is 1. The number of anilines is 1. The Labute approximate surface area is 219 Å². The molecule has 3 aromatic carbocycles. The van der Waals surface area contributed by atoms with Gasteiger partial charge in [-0.15, -0.1) is 0 Å². The number of aryl methyl sites for hydroxylation is 1. The van der Waals surface area contributed by atoms with Crippen LogP contribution in [0.15, 0.2) is 115 Å². The molecule has 1 aliphatic carbocycles. The number of Topliss-reactive ketones (excluding diaryl/α,β-unsaturated/α-hetero) is 1. The van der Waals surface area contributed by atoms with Gasteiger partial charge in [0.15, 0.2) is 5.78 Å². The third-order valence-electron chi connectivity index (χ3n) is 6.34. The van der Waals surface area contributed by atoms with Crippen molar-refractivity contribution in [3.05, 3.63) is 132 Å². The zero-order chi connectivity index (χ0) is 26.1. The second-order valence-electron chi connectivity index (χ2n) is 8.85. The van der Waals surface area contributed by atoms with Crippen LogP contribution in [0.2, 0.25) is 0 Å². The summed E-state index contributed by atoms with van der Waals surface area (Å²) in [5.74, 6) is 0.494. The van der Waals surface area contributed by atoms with Crippen LogP contribution in [0.1, 0.15) is 21.5 Å². The highest BCUT2D eigenvalue weighted by atomic mass is 16.5. The molecule has 5 aromatic rings. The van der Waals surface area contributed by atoms with Gasteiger partial charge in [0.1, 0.15) is 11.5 Å². The second-order valence-corrected chi connectivity index (χ2v) is 8.85. The summed E-state index contributed by atoms with van der Waals surface area (Å²) in [6, 6.07) is 25.6. The van der Waals surface area contributed by atoms with Crippen molar-refractivity contribution in [1.82, 2.24) is 14.8 Å². The molecule has 0 atom stereocenters. The SMILES string of the molecule is Cn1cc(-c2cnccc2Oc2ccc(NC(=O)C3=C(c4ccccc4)c4ccccc4C3=O)cc2)cn1. The quantitative estimate of drug-likeness (QED) is 0.294. The van der Waals surface area contributed by atoms with Gasteiger partial charge < -0.3 is 10.1 Å². The highest BCUT2D eigenvalue weighted by Crippen LogP contribution is 2.38. The first-order valence-electron chi connectivity index (χ1n) is 12.0. The van der Waals surface area contributed by atoms with Crippen molar-refractivity contribution in [1.29, 1.82) is 0 Å². The zero-order valence-electron chi connectivity index (χ0n) is 20.5. The van der Waals surface area contributed by atoms with Gasteiger partial charge in [-0.3, -0.25) is 19.3 Å². The van der Waals surface area contributed by atoms with Gasteiger partial charge in [-0.05, 0) is 41.5 Å². The number of ether oxygens (including phenoxy) is 1. The lowest BCUT2D eigenvalue weighted by atomic mass is 9.97. The van der Waals surface area contributed by atoms with E-state index in [-0.39, 0.29) is 11.4 Å². The number of hydrogen-bond acceptors (Lipinski definition) is 5. The van der Waals surface area contributed by atoms with E-state index in [9.17, 15) is 9.59 Å². The molecular formula is C31H22N4O3. The molecular weight excluding hydrogens is 476 g/mol. The molecule has 7 heteroatoms. The molecule has 1 N–H and O–H groups in total. The fraction of sp³-hybridized carbons (Fsp3) is 0.0323. The summed E-state index contributed by atoms with van der Waals surface area (Å²) < 4.78 is 7.83. The van der Waals surface area contributed by atoms with Crippen LogP contribution >= 0.6 is 0 Å². The maximum atomic E-state index is 13.4. The molecule has 0 bridgehead atoms. The van der Waals surface area contributed by atoms with E-state index in [4.69, 9.17) is 4.74 Å². The number of nitrogens with one attached hydrogen (secondary N) is 1. The Morgan fingerprint density at radius 1 is 0.816 bits per heavy atom. The van der Waals surface area contributed by atoms with Gasteiger partial charge in [0.2, 0.25) is 0 Å². The monoisotopic (exact) mass is 498 g/mol. The molecule has 1 aliphatic rings. The molecule has 7 nitrogen and oxygen atoms in total. The molecule has 2 heterocycles. The largest absolute Gasteiger partial charge is 0.457 e. The highest BCUT2D eigenvalue weighted by molar-refractivity contribution is 6.38. The smallest absolute Gasteiger partial charge is 0.260 e. The normalized spacial score (nSPS) is 12.4. The lowest BCUT2D eigenvalue weighted by Crippen LogP contribution is -2.19. The minimum Gasteiger partial charge on any atom is -0.457 e. The maximum absolute atomic E-state index is 13.4. The average Bonchev–Trinajstić information content (AvgIpc) is 3.51. The maximum Gasteiger partial charge on any atom is 0.260 e. The summed E-state index contributed by atoms with van der Waals surface area (Å²) >= 11 is 0. The van der Waals surface area contributed by atoms with Crippen LogP contribution in [0.5, 0.6) is 11.5 Å². The van der Waals surface area contributed by atoms with Crippen molar-refractivity contribution < 1.29 is 14.3 Å². The van der Waals surface area contributed by atoms with Crippen LogP contribution < -0.4 is 10.1 Å². The lowest BCUT2D eigenvalue weighted by molar-refractivity contribution is -0.112. The topological polar surface area (TPSA) is 86.1 Å². The summed E-state index contributed by atoms with van der Waals surface area (Å²) in [4.78, 5) is 30.9. The number of amides is 1. The average molecular weight is 499 g/mol. The van der Waals surface area contributed by atoms with E-state index in [1.165, 1.54) is 0 Å². The summed E-state index contributed by atoms with van der Waals surface area (Å²) in [6.45, 7) is 0. The number of aromatic nitrogens is 3. The van der Waals surface area contributed by atoms with Crippen molar-refractivity contribution in [2.24, 2.45) is 7.05 Å². The minimum atomic E-state index is -0.452. The molecule has 1 amide bonds. The molecule has 38 heavy (non-hydrogen) atoms. The van der Waals surface area contributed by atoms with Gasteiger partial charge in [0, 0.05) is 53.6 Å². The third kappa shape index (κ3) is 4.26. The Hall–Kier alpha value is -5.30. The molecule has 184 valence electrons. The molecule has 0 saturated heterocycles. The summed E-state index contributed by atoms with van der Waals surface area (Å²) in [7, 11) is 1.85. The summed E-state index contributed by atoms with van der Waals surface area (Å²) in [6.07, 6.45) is 7.04. The van der Waals surface area contributed by atoms with Crippen LogP contribution in [0.25, 0.3) is 16.7 Å². The Balaban J connectivity index is 1.25. The van der Waals surface area contributed by atoms with E-state index >= 15 is 0 Å². The number of ketones is 1. The summed E-state index contributed by atoms with van der Waals surface area (Å²) in [5.41, 5.74) is 5.15. The highest BCUT2D eigenvalue weighted by Gasteiger charge is 2.34. The van der Waals surface area contributed by atoms with E-state index in [1.54, 1.807) is 65.7 Å². The second kappa shape index (κ2) is 9.63. The van der Waals surface area contributed by atoms with Gasteiger partial charge in [0.25, 0.3) is 5.91 Å². The van der Waals surface area contributed by atoms with Crippen molar-refractivity contribution in [3.8, 4) is 22.6 Å². The molecule has 0 saturated carbocycles. The van der Waals surface area contributed by atoms with Gasteiger partial charge in [-0.1, -0.05) is 54.6 Å². The van der Waals surface area contributed by atoms with Crippen molar-refractivity contribution in [2.45, 2.75) is 0 Å². The molecule has 2 aromatic heterocycles. The first kappa shape index (κ1) is 23.1. The number of fused-ring (bicyclic) bond motifs is 1. The predicted octanol–water partition coefficient (Wildman–Crippen LogP) is 5.91. The van der Waals surface area contributed by atoms with E-state index < -0.39 is 5.91 Å². The molecule has 0 spiro atoms. The fourth-order valence-corrected chi connectivity index (χ4v) is 4.58. The van der Waals surface area contributed by atoms with Gasteiger partial charge in [-0.25, -0.2) is 0 Å². The molecule has 0 aliphatic heterocycles. The predicted molar refractivity (Wildman–Crippen MR) is 145 cm³/mol. The van der Waals surface area contributed by atoms with E-state index in [0.29, 0.717) is 28.3 Å². The van der Waals surface area contributed by atoms with E-state index in [0.717, 1.165) is 22.3 Å². The minimum absolute atomic E-state index is 0.135. The molecule has 0 radical (unpaired) electrons. The fourth-order valence-electron chi connectivity index (χ4n) is 4.58. The molecule has 0 fully saturated rings. The third-order valence-corrected chi connectivity index (χ3v) is 6.34. The number of nitrogens with zero attached hydrogens (tertiary/aromatic N) is 3. The van der Waals surface area contributed by atoms with Crippen LogP contribution in [-0.2, 0) is 11.8 Å². The Morgan fingerprint density at radius 2 is 1.55 bits per heavy atom. The first-order valence-corrected chi connectivity index (χ1v) is 12.0. The molecule has 0 unspecified atom stereocenters. The first-order chi connectivity index (χ1) is 18.6. The number of benzene rings is 3. The summed E-state index contributed by atoms with van der Waals surface area (Å²) in [5, 5.41) is 7.11. The molecule has 6 rings (SSSR count). The number of carbonyl (C=O) groups is 2. The Bertz CT molecular complexity index is 1700. The van der Waals surface area contributed by atoms with Crippen molar-refractivity contribution >= 4 is 23.0 Å². The number of hydrogen-bond donors (Lipinski definition) is 1. The number of rotatable bonds is 6. The van der Waals surface area contributed by atoms with Crippen molar-refractivity contribution in [3.63, 3.8) is 0 Å². The van der Waals surface area contributed by atoms with Crippen LogP contribution in [0, 0.1) is 0 Å². The Kier molecular flexibility index (Phi) is 5.86. The van der Waals surface area contributed by atoms with Gasteiger partial charge >= 0.3 is 0 Å².